The van der Waals surface area contributed by atoms with Gasteiger partial charge in [0.05, 0.1) is 0 Å². The van der Waals surface area contributed by atoms with Gasteiger partial charge >= 0.3 is 11.8 Å². The van der Waals surface area contributed by atoms with Crippen LogP contribution < -0.4 is 20.1 Å². The van der Waals surface area contributed by atoms with Crippen molar-refractivity contribution < 1.29 is 19.1 Å². The van der Waals surface area contributed by atoms with Gasteiger partial charge in [-0.2, -0.15) is 0 Å². The van der Waals surface area contributed by atoms with Crippen LogP contribution in [-0.2, 0) is 22.6 Å². The minimum absolute atomic E-state index is 0.196. The monoisotopic (exact) mass is 360 g/mol. The smallest absolute Gasteiger partial charge is 0.309 e. The lowest BCUT2D eigenvalue weighted by atomic mass is 10.1. The lowest BCUT2D eigenvalue weighted by Gasteiger charge is -2.07. The van der Waals surface area contributed by atoms with E-state index in [0.717, 1.165) is 11.1 Å². The van der Waals surface area contributed by atoms with E-state index in [1.807, 2.05) is 18.2 Å². The highest BCUT2D eigenvalue weighted by Gasteiger charge is 2.15. The Bertz CT molecular complexity index is 777. The molecule has 2 aromatic rings. The van der Waals surface area contributed by atoms with E-state index in [0.29, 0.717) is 29.5 Å². The molecule has 0 spiro atoms. The lowest BCUT2D eigenvalue weighted by Crippen LogP contribution is -2.40. The van der Waals surface area contributed by atoms with E-state index >= 15 is 0 Å². The maximum Gasteiger partial charge on any atom is 0.309 e. The Kier molecular flexibility index (Phi) is 5.40. The molecule has 0 aliphatic carbocycles. The van der Waals surface area contributed by atoms with Crippen molar-refractivity contribution in [3.63, 3.8) is 0 Å². The van der Waals surface area contributed by atoms with Gasteiger partial charge in [-0.1, -0.05) is 29.8 Å². The van der Waals surface area contributed by atoms with Gasteiger partial charge in [-0.3, -0.25) is 9.59 Å². The Morgan fingerprint density at radius 1 is 0.920 bits per heavy atom. The van der Waals surface area contributed by atoms with E-state index in [1.165, 1.54) is 0 Å². The summed E-state index contributed by atoms with van der Waals surface area (Å²) in [6.07, 6.45) is 0.623. The summed E-state index contributed by atoms with van der Waals surface area (Å²) in [7, 11) is 0. The number of carbonyl (C=O) groups is 2. The van der Waals surface area contributed by atoms with Crippen LogP contribution in [0.4, 0.5) is 0 Å². The molecule has 25 heavy (non-hydrogen) atoms. The zero-order chi connectivity index (χ0) is 17.6. The van der Waals surface area contributed by atoms with Crippen molar-refractivity contribution in [2.24, 2.45) is 0 Å². The van der Waals surface area contributed by atoms with Crippen molar-refractivity contribution in [2.75, 3.05) is 13.3 Å². The molecule has 6 nitrogen and oxygen atoms in total. The highest BCUT2D eigenvalue weighted by atomic mass is 35.5. The average Bonchev–Trinajstić information content (AvgIpc) is 3.09. The summed E-state index contributed by atoms with van der Waals surface area (Å²) in [5, 5.41) is 5.84. The third kappa shape index (κ3) is 4.64. The van der Waals surface area contributed by atoms with Crippen LogP contribution in [0.5, 0.6) is 11.5 Å². The van der Waals surface area contributed by atoms with E-state index in [2.05, 4.69) is 10.6 Å². The molecule has 2 amide bonds. The minimum atomic E-state index is -0.672. The van der Waals surface area contributed by atoms with Gasteiger partial charge in [0.1, 0.15) is 0 Å². The van der Waals surface area contributed by atoms with Gasteiger partial charge in [0.15, 0.2) is 11.5 Å². The predicted molar refractivity (Wildman–Crippen MR) is 92.6 cm³/mol. The molecule has 3 rings (SSSR count). The number of amides is 2. The summed E-state index contributed by atoms with van der Waals surface area (Å²) in [5.41, 5.74) is 1.86. The van der Waals surface area contributed by atoms with Gasteiger partial charge in [-0.05, 0) is 41.8 Å². The van der Waals surface area contributed by atoms with E-state index < -0.39 is 11.8 Å². The topological polar surface area (TPSA) is 76.7 Å². The molecule has 0 unspecified atom stereocenters. The van der Waals surface area contributed by atoms with Crippen LogP contribution in [0.1, 0.15) is 11.1 Å². The molecule has 2 N–H and O–H groups in total. The molecule has 7 heteroatoms. The van der Waals surface area contributed by atoms with E-state index in [1.54, 1.807) is 24.3 Å². The van der Waals surface area contributed by atoms with Gasteiger partial charge in [0.2, 0.25) is 6.79 Å². The molecule has 0 saturated heterocycles. The molecular formula is C18H17ClN2O4. The second kappa shape index (κ2) is 7.90. The number of rotatable bonds is 5. The molecular weight excluding hydrogens is 344 g/mol. The SMILES string of the molecule is O=C(NCCc1ccc(Cl)cc1)C(=O)NCc1ccc2c(c1)OCO2. The van der Waals surface area contributed by atoms with E-state index in [9.17, 15) is 9.59 Å². The van der Waals surface area contributed by atoms with Crippen molar-refractivity contribution in [3.05, 3.63) is 58.6 Å². The first-order valence-electron chi connectivity index (χ1n) is 7.81. The summed E-state index contributed by atoms with van der Waals surface area (Å²) in [6.45, 7) is 0.805. The number of fused-ring (bicyclic) bond motifs is 1. The molecule has 0 aromatic heterocycles. The van der Waals surface area contributed by atoms with Crippen LogP contribution in [0, 0.1) is 0 Å². The van der Waals surface area contributed by atoms with E-state index in [4.69, 9.17) is 21.1 Å². The molecule has 1 aliphatic rings. The number of halogens is 1. The molecule has 0 atom stereocenters. The van der Waals surface area contributed by atoms with Gasteiger partial charge < -0.3 is 20.1 Å². The number of hydrogen-bond donors (Lipinski definition) is 2. The Morgan fingerprint density at radius 2 is 1.60 bits per heavy atom. The summed E-state index contributed by atoms with van der Waals surface area (Å²) < 4.78 is 10.5. The Balaban J connectivity index is 1.41. The molecule has 0 bridgehead atoms. The molecule has 2 aromatic carbocycles. The molecule has 1 heterocycles. The van der Waals surface area contributed by atoms with E-state index in [-0.39, 0.29) is 13.3 Å². The molecule has 0 saturated carbocycles. The van der Waals surface area contributed by atoms with Crippen LogP contribution in [0.3, 0.4) is 0 Å². The second-order valence-electron chi connectivity index (χ2n) is 5.50. The van der Waals surface area contributed by atoms with Crippen LogP contribution in [0.2, 0.25) is 5.02 Å². The zero-order valence-corrected chi connectivity index (χ0v) is 14.1. The van der Waals surface area contributed by atoms with Crippen molar-refractivity contribution in [3.8, 4) is 11.5 Å². The van der Waals surface area contributed by atoms with Crippen LogP contribution in [-0.4, -0.2) is 25.2 Å². The molecule has 1 aliphatic heterocycles. The number of carbonyl (C=O) groups excluding carboxylic acids is 2. The first-order valence-corrected chi connectivity index (χ1v) is 8.18. The molecule has 0 fully saturated rings. The van der Waals surface area contributed by atoms with Gasteiger partial charge in [0.25, 0.3) is 0 Å². The van der Waals surface area contributed by atoms with Crippen LogP contribution in [0.15, 0.2) is 42.5 Å². The predicted octanol–water partition coefficient (Wildman–Crippen LogP) is 2.04. The van der Waals surface area contributed by atoms with Gasteiger partial charge in [-0.15, -0.1) is 0 Å². The maximum absolute atomic E-state index is 11.8. The van der Waals surface area contributed by atoms with Gasteiger partial charge in [-0.25, -0.2) is 0 Å². The number of ether oxygens (including phenoxy) is 2. The third-order valence-corrected chi connectivity index (χ3v) is 3.96. The fourth-order valence-electron chi connectivity index (χ4n) is 2.37. The maximum atomic E-state index is 11.8. The Labute approximate surface area is 150 Å². The highest BCUT2D eigenvalue weighted by Crippen LogP contribution is 2.32. The summed E-state index contributed by atoms with van der Waals surface area (Å²) in [4.78, 5) is 23.6. The third-order valence-electron chi connectivity index (χ3n) is 3.71. The van der Waals surface area contributed by atoms with Gasteiger partial charge in [0, 0.05) is 18.1 Å². The first kappa shape index (κ1) is 17.1. The molecule has 0 radical (unpaired) electrons. The minimum Gasteiger partial charge on any atom is -0.454 e. The first-order chi connectivity index (χ1) is 12.1. The number of nitrogens with one attached hydrogen (secondary N) is 2. The van der Waals surface area contributed by atoms with Crippen molar-refractivity contribution in [2.45, 2.75) is 13.0 Å². The van der Waals surface area contributed by atoms with Crippen molar-refractivity contribution >= 4 is 23.4 Å². The average molecular weight is 361 g/mol. The lowest BCUT2D eigenvalue weighted by molar-refractivity contribution is -0.139. The highest BCUT2D eigenvalue weighted by molar-refractivity contribution is 6.35. The fourth-order valence-corrected chi connectivity index (χ4v) is 2.49. The van der Waals surface area contributed by atoms with Crippen molar-refractivity contribution in [1.82, 2.24) is 10.6 Å². The zero-order valence-electron chi connectivity index (χ0n) is 13.4. The standard InChI is InChI=1S/C18H17ClN2O4/c19-14-4-1-12(2-5-14)7-8-20-17(22)18(23)21-10-13-3-6-15-16(9-13)25-11-24-15/h1-6,9H,7-8,10-11H2,(H,20,22)(H,21,23). The van der Waals surface area contributed by atoms with Crippen LogP contribution >= 0.6 is 11.6 Å². The summed E-state index contributed by atoms with van der Waals surface area (Å²) >= 11 is 5.82. The summed E-state index contributed by atoms with van der Waals surface area (Å²) in [6, 6.07) is 12.7. The normalized spacial score (nSPS) is 11.9. The Morgan fingerprint density at radius 3 is 2.40 bits per heavy atom. The number of benzene rings is 2. The van der Waals surface area contributed by atoms with Crippen LogP contribution in [0.25, 0.3) is 0 Å². The largest absolute Gasteiger partial charge is 0.454 e. The number of hydrogen-bond acceptors (Lipinski definition) is 4. The quantitative estimate of drug-likeness (QED) is 0.800. The van der Waals surface area contributed by atoms with Crippen molar-refractivity contribution in [1.29, 1.82) is 0 Å². The second-order valence-corrected chi connectivity index (χ2v) is 5.94. The molecule has 130 valence electrons. The summed E-state index contributed by atoms with van der Waals surface area (Å²) in [5.74, 6) is -0.0161. The fraction of sp³-hybridized carbons (Fsp3) is 0.222. The Hall–Kier alpha value is -2.73.